The van der Waals surface area contributed by atoms with Crippen molar-refractivity contribution in [3.63, 3.8) is 0 Å². The van der Waals surface area contributed by atoms with E-state index in [1.54, 1.807) is 6.07 Å². The molecular formula is C17H18FN5O. The second-order valence-corrected chi connectivity index (χ2v) is 6.07. The molecule has 1 saturated heterocycles. The molecule has 0 N–H and O–H groups in total. The van der Waals surface area contributed by atoms with Crippen LogP contribution >= 0.6 is 0 Å². The number of hydrogen-bond donors (Lipinski definition) is 0. The average molecular weight is 327 g/mol. The van der Waals surface area contributed by atoms with E-state index in [1.807, 2.05) is 19.1 Å². The molecule has 0 saturated carbocycles. The summed E-state index contributed by atoms with van der Waals surface area (Å²) in [6.45, 7) is 6.12. The molecule has 1 fully saturated rings. The van der Waals surface area contributed by atoms with E-state index in [1.165, 1.54) is 12.1 Å². The number of anilines is 1. The summed E-state index contributed by atoms with van der Waals surface area (Å²) in [4.78, 5) is 4.52. The largest absolute Gasteiger partial charge is 0.356 e. The van der Waals surface area contributed by atoms with Gasteiger partial charge in [-0.2, -0.15) is 5.10 Å². The molecule has 0 atom stereocenters. The third-order valence-corrected chi connectivity index (χ3v) is 4.36. The van der Waals surface area contributed by atoms with Crippen molar-refractivity contribution in [1.82, 2.24) is 20.3 Å². The first-order valence-corrected chi connectivity index (χ1v) is 8.00. The molecule has 4 rings (SSSR count). The first kappa shape index (κ1) is 15.0. The Balaban J connectivity index is 1.42. The fourth-order valence-electron chi connectivity index (χ4n) is 2.98. The minimum atomic E-state index is -0.269. The second-order valence-electron chi connectivity index (χ2n) is 6.07. The van der Waals surface area contributed by atoms with Gasteiger partial charge < -0.3 is 9.42 Å². The molecule has 0 bridgehead atoms. The van der Waals surface area contributed by atoms with Crippen LogP contribution in [0.25, 0.3) is 11.0 Å². The SMILES string of the molecule is Cc1ccc(N2CCN(Cc3noc4ccc(F)cc34)CC2)nn1. The fourth-order valence-corrected chi connectivity index (χ4v) is 2.98. The smallest absolute Gasteiger partial charge is 0.167 e. The third-order valence-electron chi connectivity index (χ3n) is 4.36. The van der Waals surface area contributed by atoms with Crippen LogP contribution in [0.4, 0.5) is 10.2 Å². The van der Waals surface area contributed by atoms with Crippen LogP contribution in [0.3, 0.4) is 0 Å². The second kappa shape index (κ2) is 6.16. The summed E-state index contributed by atoms with van der Waals surface area (Å²) in [6.07, 6.45) is 0. The standard InChI is InChI=1S/C17H18FN5O/c1-12-2-5-17(20-19-12)23-8-6-22(7-9-23)11-15-14-10-13(18)3-4-16(14)24-21-15/h2-5,10H,6-9,11H2,1H3. The van der Waals surface area contributed by atoms with Gasteiger partial charge in [0.2, 0.25) is 0 Å². The monoisotopic (exact) mass is 327 g/mol. The fraction of sp³-hybridized carbons (Fsp3) is 0.353. The Labute approximate surface area is 138 Å². The van der Waals surface area contributed by atoms with Gasteiger partial charge >= 0.3 is 0 Å². The average Bonchev–Trinajstić information content (AvgIpc) is 2.98. The van der Waals surface area contributed by atoms with Gasteiger partial charge in [0.25, 0.3) is 0 Å². The van der Waals surface area contributed by atoms with Gasteiger partial charge in [-0.1, -0.05) is 5.16 Å². The van der Waals surface area contributed by atoms with Gasteiger partial charge in [0, 0.05) is 38.1 Å². The van der Waals surface area contributed by atoms with E-state index in [9.17, 15) is 4.39 Å². The van der Waals surface area contributed by atoms with Gasteiger partial charge in [0.1, 0.15) is 11.5 Å². The van der Waals surface area contributed by atoms with E-state index in [4.69, 9.17) is 4.52 Å². The molecule has 0 amide bonds. The van der Waals surface area contributed by atoms with Crippen LogP contribution in [0.5, 0.6) is 0 Å². The number of nitrogens with zero attached hydrogens (tertiary/aromatic N) is 5. The Hall–Kier alpha value is -2.54. The number of halogens is 1. The highest BCUT2D eigenvalue weighted by Crippen LogP contribution is 2.22. The maximum absolute atomic E-state index is 13.4. The lowest BCUT2D eigenvalue weighted by molar-refractivity contribution is 0.242. The van der Waals surface area contributed by atoms with Crippen molar-refractivity contribution in [2.24, 2.45) is 0 Å². The predicted octanol–water partition coefficient (Wildman–Crippen LogP) is 2.39. The molecule has 0 spiro atoms. The van der Waals surface area contributed by atoms with Gasteiger partial charge in [0.05, 0.1) is 5.69 Å². The van der Waals surface area contributed by atoms with E-state index < -0.39 is 0 Å². The van der Waals surface area contributed by atoms with Crippen LogP contribution in [0.15, 0.2) is 34.9 Å². The van der Waals surface area contributed by atoms with Crippen LogP contribution in [0.1, 0.15) is 11.4 Å². The molecule has 1 aliphatic heterocycles. The molecule has 1 aliphatic rings. The Bertz CT molecular complexity index is 840. The van der Waals surface area contributed by atoms with Crippen molar-refractivity contribution in [2.45, 2.75) is 13.5 Å². The summed E-state index contributed by atoms with van der Waals surface area (Å²) in [6, 6.07) is 8.48. The molecule has 1 aromatic carbocycles. The predicted molar refractivity (Wildman–Crippen MR) is 88.2 cm³/mol. The van der Waals surface area contributed by atoms with Gasteiger partial charge in [0.15, 0.2) is 11.4 Å². The summed E-state index contributed by atoms with van der Waals surface area (Å²) in [5.74, 6) is 0.643. The quantitative estimate of drug-likeness (QED) is 0.736. The van der Waals surface area contributed by atoms with Gasteiger partial charge in [-0.05, 0) is 37.3 Å². The van der Waals surface area contributed by atoms with Crippen molar-refractivity contribution < 1.29 is 8.91 Å². The van der Waals surface area contributed by atoms with Crippen LogP contribution in [0.2, 0.25) is 0 Å². The highest BCUT2D eigenvalue weighted by atomic mass is 19.1. The first-order chi connectivity index (χ1) is 11.7. The molecule has 3 heterocycles. The highest BCUT2D eigenvalue weighted by molar-refractivity contribution is 5.79. The Morgan fingerprint density at radius 3 is 2.67 bits per heavy atom. The van der Waals surface area contributed by atoms with E-state index in [0.717, 1.165) is 48.8 Å². The number of aryl methyl sites for hydroxylation is 1. The van der Waals surface area contributed by atoms with E-state index in [-0.39, 0.29) is 5.82 Å². The van der Waals surface area contributed by atoms with Crippen molar-refractivity contribution in [1.29, 1.82) is 0 Å². The molecule has 0 aliphatic carbocycles. The van der Waals surface area contributed by atoms with E-state index >= 15 is 0 Å². The van der Waals surface area contributed by atoms with Crippen LogP contribution in [0, 0.1) is 12.7 Å². The number of hydrogen-bond acceptors (Lipinski definition) is 6. The molecule has 0 radical (unpaired) electrons. The Kier molecular flexibility index (Phi) is 3.86. The van der Waals surface area contributed by atoms with Crippen molar-refractivity contribution in [3.8, 4) is 0 Å². The lowest BCUT2D eigenvalue weighted by Gasteiger charge is -2.34. The normalized spacial score (nSPS) is 16.0. The molecule has 124 valence electrons. The number of piperazine rings is 1. The number of benzene rings is 1. The van der Waals surface area contributed by atoms with Crippen LogP contribution in [-0.4, -0.2) is 46.4 Å². The first-order valence-electron chi connectivity index (χ1n) is 8.00. The maximum atomic E-state index is 13.4. The number of aromatic nitrogens is 3. The number of rotatable bonds is 3. The lowest BCUT2D eigenvalue weighted by Crippen LogP contribution is -2.46. The maximum Gasteiger partial charge on any atom is 0.167 e. The van der Waals surface area contributed by atoms with Crippen molar-refractivity contribution >= 4 is 16.8 Å². The Morgan fingerprint density at radius 1 is 1.08 bits per heavy atom. The van der Waals surface area contributed by atoms with E-state index in [2.05, 4.69) is 25.2 Å². The minimum absolute atomic E-state index is 0.269. The molecule has 3 aromatic rings. The molecule has 7 heteroatoms. The van der Waals surface area contributed by atoms with Crippen LogP contribution < -0.4 is 4.90 Å². The molecule has 2 aromatic heterocycles. The molecule has 0 unspecified atom stereocenters. The van der Waals surface area contributed by atoms with Crippen molar-refractivity contribution in [3.05, 3.63) is 47.5 Å². The third kappa shape index (κ3) is 2.94. The van der Waals surface area contributed by atoms with Crippen LogP contribution in [-0.2, 0) is 6.54 Å². The summed E-state index contributed by atoms with van der Waals surface area (Å²) in [5, 5.41) is 13.2. The van der Waals surface area contributed by atoms with Gasteiger partial charge in [-0.15, -0.1) is 5.10 Å². The minimum Gasteiger partial charge on any atom is -0.356 e. The van der Waals surface area contributed by atoms with E-state index in [0.29, 0.717) is 12.1 Å². The summed E-state index contributed by atoms with van der Waals surface area (Å²) in [5.41, 5.74) is 2.33. The van der Waals surface area contributed by atoms with Crippen molar-refractivity contribution in [2.75, 3.05) is 31.1 Å². The number of fused-ring (bicyclic) bond motifs is 1. The highest BCUT2D eigenvalue weighted by Gasteiger charge is 2.20. The summed E-state index contributed by atoms with van der Waals surface area (Å²) < 4.78 is 18.7. The van der Waals surface area contributed by atoms with Gasteiger partial charge in [-0.25, -0.2) is 4.39 Å². The molecular weight excluding hydrogens is 309 g/mol. The molecule has 24 heavy (non-hydrogen) atoms. The Morgan fingerprint density at radius 2 is 1.92 bits per heavy atom. The zero-order chi connectivity index (χ0) is 16.5. The topological polar surface area (TPSA) is 58.3 Å². The molecule has 6 nitrogen and oxygen atoms in total. The summed E-state index contributed by atoms with van der Waals surface area (Å²) in [7, 11) is 0. The van der Waals surface area contributed by atoms with Gasteiger partial charge in [-0.3, -0.25) is 4.90 Å². The zero-order valence-corrected chi connectivity index (χ0v) is 13.4. The lowest BCUT2D eigenvalue weighted by atomic mass is 10.2. The summed E-state index contributed by atoms with van der Waals surface area (Å²) >= 11 is 0. The zero-order valence-electron chi connectivity index (χ0n) is 13.4.